The lowest BCUT2D eigenvalue weighted by molar-refractivity contribution is -0.126. The number of nitrogens with zero attached hydrogens (tertiary/aromatic N) is 2. The molecule has 0 N–H and O–H groups in total. The minimum absolute atomic E-state index is 0.0171. The lowest BCUT2D eigenvalue weighted by Gasteiger charge is -2.37. The van der Waals surface area contributed by atoms with Gasteiger partial charge >= 0.3 is 0 Å². The SMILES string of the molecule is CCCN1C(=O)[C@]2(c3ccccc31)c1c(oc3ccccc3c1=O)C(=O)N2[C@@H]1CCS(=O)(=O)C1. The number of benzene rings is 2. The van der Waals surface area contributed by atoms with E-state index in [0.717, 1.165) is 0 Å². The summed E-state index contributed by atoms with van der Waals surface area (Å²) in [5.41, 5.74) is -0.847. The smallest absolute Gasteiger partial charge is 0.291 e. The molecule has 2 amide bonds. The number of sulfone groups is 1. The molecule has 3 aliphatic heterocycles. The number of anilines is 1. The van der Waals surface area contributed by atoms with E-state index in [2.05, 4.69) is 0 Å². The molecular weight excluding hydrogens is 456 g/mol. The Bertz CT molecular complexity index is 1560. The standard InChI is InChI=1S/C25H22N2O6S/c1-2-12-26-18-9-5-4-8-17(18)25(24(26)30)20-21(28)16-7-3-6-10-19(16)33-22(20)23(29)27(25)15-11-13-34(31,32)14-15/h3-10,15H,2,11-14H2,1H3/t15-,25+/m1/s1. The van der Waals surface area contributed by atoms with Gasteiger partial charge in [-0.2, -0.15) is 0 Å². The summed E-state index contributed by atoms with van der Waals surface area (Å²) in [7, 11) is -3.38. The highest BCUT2D eigenvalue weighted by atomic mass is 32.2. The van der Waals surface area contributed by atoms with Crippen LogP contribution in [0.1, 0.15) is 41.4 Å². The zero-order valence-corrected chi connectivity index (χ0v) is 19.3. The van der Waals surface area contributed by atoms with Crippen LogP contribution in [-0.2, 0) is 20.2 Å². The predicted octanol–water partition coefficient (Wildman–Crippen LogP) is 2.44. The van der Waals surface area contributed by atoms with Crippen LogP contribution in [0.5, 0.6) is 0 Å². The first-order chi connectivity index (χ1) is 16.3. The minimum Gasteiger partial charge on any atom is -0.450 e. The summed E-state index contributed by atoms with van der Waals surface area (Å²) in [6.45, 7) is 2.34. The molecule has 2 atom stereocenters. The molecule has 3 aromatic rings. The average Bonchev–Trinajstić information content (AvgIpc) is 3.39. The summed E-state index contributed by atoms with van der Waals surface area (Å²) in [4.78, 5) is 45.0. The zero-order chi connectivity index (χ0) is 23.8. The Balaban J connectivity index is 1.73. The van der Waals surface area contributed by atoms with Crippen LogP contribution in [-0.4, -0.2) is 49.2 Å². The first-order valence-electron chi connectivity index (χ1n) is 11.3. The maximum Gasteiger partial charge on any atom is 0.291 e. The quantitative estimate of drug-likeness (QED) is 0.573. The largest absolute Gasteiger partial charge is 0.450 e. The van der Waals surface area contributed by atoms with Crippen molar-refractivity contribution in [3.05, 3.63) is 75.6 Å². The third-order valence-corrected chi connectivity index (χ3v) is 8.84. The van der Waals surface area contributed by atoms with Crippen molar-refractivity contribution in [3.63, 3.8) is 0 Å². The van der Waals surface area contributed by atoms with Crippen LogP contribution in [0.4, 0.5) is 5.69 Å². The molecule has 0 radical (unpaired) electrons. The van der Waals surface area contributed by atoms with Crippen molar-refractivity contribution < 1.29 is 22.4 Å². The molecule has 0 aliphatic carbocycles. The Morgan fingerprint density at radius 2 is 1.79 bits per heavy atom. The highest BCUT2D eigenvalue weighted by Gasteiger charge is 2.66. The second-order valence-electron chi connectivity index (χ2n) is 9.05. The Morgan fingerprint density at radius 3 is 2.53 bits per heavy atom. The van der Waals surface area contributed by atoms with E-state index in [1.165, 1.54) is 4.90 Å². The fourth-order valence-electron chi connectivity index (χ4n) is 5.78. The summed E-state index contributed by atoms with van der Waals surface area (Å²) in [5.74, 6) is -1.57. The van der Waals surface area contributed by atoms with Crippen molar-refractivity contribution in [1.82, 2.24) is 4.90 Å². The maximum atomic E-state index is 14.3. The van der Waals surface area contributed by atoms with Gasteiger partial charge in [-0.1, -0.05) is 37.3 Å². The molecule has 4 heterocycles. The van der Waals surface area contributed by atoms with Crippen LogP contribution in [0.15, 0.2) is 57.7 Å². The van der Waals surface area contributed by atoms with Crippen molar-refractivity contribution >= 4 is 38.3 Å². The van der Waals surface area contributed by atoms with Crippen LogP contribution in [0.25, 0.3) is 11.0 Å². The molecule has 1 fully saturated rings. The van der Waals surface area contributed by atoms with E-state index in [4.69, 9.17) is 4.42 Å². The normalized spacial score (nSPS) is 24.9. The van der Waals surface area contributed by atoms with Crippen LogP contribution in [0, 0.1) is 0 Å². The topological polar surface area (TPSA) is 105 Å². The van der Waals surface area contributed by atoms with Crippen LogP contribution in [0.2, 0.25) is 0 Å². The molecule has 0 unspecified atom stereocenters. The van der Waals surface area contributed by atoms with Gasteiger partial charge in [-0.3, -0.25) is 14.4 Å². The molecule has 9 heteroatoms. The third-order valence-electron chi connectivity index (χ3n) is 7.09. The number of rotatable bonds is 3. The summed E-state index contributed by atoms with van der Waals surface area (Å²) >= 11 is 0. The number of fused-ring (bicyclic) bond motifs is 5. The lowest BCUT2D eigenvalue weighted by Crippen LogP contribution is -2.57. The molecule has 1 saturated heterocycles. The number of carbonyl (C=O) groups is 2. The number of hydrogen-bond acceptors (Lipinski definition) is 6. The predicted molar refractivity (Wildman–Crippen MR) is 126 cm³/mol. The van der Waals surface area contributed by atoms with E-state index in [-0.39, 0.29) is 40.2 Å². The lowest BCUT2D eigenvalue weighted by atomic mass is 9.83. The first-order valence-corrected chi connectivity index (χ1v) is 13.1. The van der Waals surface area contributed by atoms with Gasteiger partial charge in [0, 0.05) is 18.2 Å². The average molecular weight is 479 g/mol. The van der Waals surface area contributed by atoms with Gasteiger partial charge in [0.25, 0.3) is 11.8 Å². The van der Waals surface area contributed by atoms with E-state index in [0.29, 0.717) is 24.2 Å². The minimum atomic E-state index is -3.38. The van der Waals surface area contributed by atoms with Gasteiger partial charge in [0.05, 0.1) is 28.1 Å². The van der Waals surface area contributed by atoms with Crippen molar-refractivity contribution in [2.24, 2.45) is 0 Å². The number of carbonyl (C=O) groups excluding carboxylic acids is 2. The molecular formula is C25H22N2O6S. The van der Waals surface area contributed by atoms with Gasteiger partial charge in [-0.25, -0.2) is 8.42 Å². The Morgan fingerprint density at radius 1 is 1.06 bits per heavy atom. The van der Waals surface area contributed by atoms with Gasteiger partial charge in [0.1, 0.15) is 5.58 Å². The molecule has 174 valence electrons. The van der Waals surface area contributed by atoms with Crippen LogP contribution < -0.4 is 10.3 Å². The fraction of sp³-hybridized carbons (Fsp3) is 0.320. The molecule has 1 aromatic heterocycles. The monoisotopic (exact) mass is 478 g/mol. The molecule has 3 aliphatic rings. The summed E-state index contributed by atoms with van der Waals surface area (Å²) in [6.07, 6.45) is 0.863. The van der Waals surface area contributed by atoms with Gasteiger partial charge in [-0.15, -0.1) is 0 Å². The Labute approximate surface area is 195 Å². The van der Waals surface area contributed by atoms with E-state index in [1.54, 1.807) is 53.4 Å². The maximum absolute atomic E-state index is 14.3. The molecule has 34 heavy (non-hydrogen) atoms. The highest BCUT2D eigenvalue weighted by Crippen LogP contribution is 2.54. The second-order valence-corrected chi connectivity index (χ2v) is 11.3. The molecule has 2 aromatic carbocycles. The van der Waals surface area contributed by atoms with Crippen LogP contribution >= 0.6 is 0 Å². The number of para-hydroxylation sites is 2. The van der Waals surface area contributed by atoms with Crippen molar-refractivity contribution in [2.75, 3.05) is 23.0 Å². The van der Waals surface area contributed by atoms with Gasteiger partial charge < -0.3 is 14.2 Å². The van der Waals surface area contributed by atoms with Crippen molar-refractivity contribution in [2.45, 2.75) is 31.3 Å². The first kappa shape index (κ1) is 21.1. The Hall–Kier alpha value is -3.46. The van der Waals surface area contributed by atoms with Crippen molar-refractivity contribution in [3.8, 4) is 0 Å². The van der Waals surface area contributed by atoms with Gasteiger partial charge in [0.15, 0.2) is 20.8 Å². The highest BCUT2D eigenvalue weighted by molar-refractivity contribution is 7.91. The van der Waals surface area contributed by atoms with Gasteiger partial charge in [0.2, 0.25) is 5.76 Å². The molecule has 6 rings (SSSR count). The fourth-order valence-corrected chi connectivity index (χ4v) is 7.48. The number of amides is 2. The molecule has 8 nitrogen and oxygen atoms in total. The summed E-state index contributed by atoms with van der Waals surface area (Å²) < 4.78 is 30.8. The second kappa shape index (κ2) is 7.02. The van der Waals surface area contributed by atoms with E-state index in [1.807, 2.05) is 6.92 Å². The number of hydrogen-bond donors (Lipinski definition) is 0. The molecule has 1 spiro atoms. The summed E-state index contributed by atoms with van der Waals surface area (Å²) in [6, 6.07) is 13.0. The molecule has 0 saturated carbocycles. The zero-order valence-electron chi connectivity index (χ0n) is 18.5. The summed E-state index contributed by atoms with van der Waals surface area (Å²) in [5, 5.41) is 0.272. The van der Waals surface area contributed by atoms with E-state index in [9.17, 15) is 22.8 Å². The van der Waals surface area contributed by atoms with Crippen LogP contribution in [0.3, 0.4) is 0 Å². The van der Waals surface area contributed by atoms with E-state index >= 15 is 0 Å². The Kier molecular flexibility index (Phi) is 4.36. The third kappa shape index (κ3) is 2.53. The van der Waals surface area contributed by atoms with Crippen molar-refractivity contribution in [1.29, 1.82) is 0 Å². The van der Waals surface area contributed by atoms with E-state index < -0.39 is 38.7 Å². The van der Waals surface area contributed by atoms with Gasteiger partial charge in [-0.05, 0) is 31.0 Å². The molecule has 0 bridgehead atoms.